The number of ketones is 1. The molecule has 0 aliphatic carbocycles. The van der Waals surface area contributed by atoms with E-state index in [1.165, 1.54) is 17.2 Å². The fourth-order valence-corrected chi connectivity index (χ4v) is 3.68. The summed E-state index contributed by atoms with van der Waals surface area (Å²) in [4.78, 5) is 12.6. The Morgan fingerprint density at radius 1 is 1.10 bits per heavy atom. The summed E-state index contributed by atoms with van der Waals surface area (Å²) in [6, 6.07) is 7.65. The molecule has 1 aliphatic heterocycles. The first-order valence-corrected chi connectivity index (χ1v) is 10.1. The molecular formula is C25H28O5. The van der Waals surface area contributed by atoms with Crippen LogP contribution in [0.15, 0.2) is 53.6 Å². The number of ether oxygens (including phenoxy) is 1. The minimum atomic E-state index is -0.604. The number of carbonyl (C=O) groups excluding carboxylic acids is 1. The zero-order valence-corrected chi connectivity index (χ0v) is 17.6. The molecule has 0 saturated heterocycles. The minimum absolute atomic E-state index is 0.0467. The van der Waals surface area contributed by atoms with E-state index in [0.717, 1.165) is 24.5 Å². The molecule has 3 N–H and O–H groups in total. The highest BCUT2D eigenvalue weighted by molar-refractivity contribution is 6.02. The van der Waals surface area contributed by atoms with Crippen LogP contribution in [0.5, 0.6) is 23.0 Å². The van der Waals surface area contributed by atoms with E-state index in [1.54, 1.807) is 12.1 Å². The third kappa shape index (κ3) is 4.85. The van der Waals surface area contributed by atoms with Gasteiger partial charge in [-0.3, -0.25) is 4.79 Å². The van der Waals surface area contributed by atoms with E-state index in [-0.39, 0.29) is 40.8 Å². The van der Waals surface area contributed by atoms with Gasteiger partial charge in [0.1, 0.15) is 34.7 Å². The Bertz CT molecular complexity index is 1010. The lowest BCUT2D eigenvalue weighted by molar-refractivity contribution is 0.0843. The molecule has 0 aromatic heterocycles. The van der Waals surface area contributed by atoms with Gasteiger partial charge in [0.2, 0.25) is 0 Å². The number of hydrogen-bond donors (Lipinski definition) is 3. The average molecular weight is 408 g/mol. The van der Waals surface area contributed by atoms with Crippen molar-refractivity contribution in [2.24, 2.45) is 0 Å². The molecule has 1 atom stereocenters. The van der Waals surface area contributed by atoms with Crippen LogP contribution in [0.1, 0.15) is 67.6 Å². The zero-order valence-electron chi connectivity index (χ0n) is 17.6. The molecule has 0 radical (unpaired) electrons. The molecule has 0 unspecified atom stereocenters. The van der Waals surface area contributed by atoms with Gasteiger partial charge in [0.05, 0.1) is 6.42 Å². The van der Waals surface area contributed by atoms with Gasteiger partial charge < -0.3 is 20.1 Å². The molecule has 0 fully saturated rings. The summed E-state index contributed by atoms with van der Waals surface area (Å²) in [6.07, 6.45) is 6.17. The van der Waals surface area contributed by atoms with Gasteiger partial charge in [-0.25, -0.2) is 0 Å². The normalized spacial score (nSPS) is 16.0. The van der Waals surface area contributed by atoms with Crippen LogP contribution in [0.2, 0.25) is 0 Å². The van der Waals surface area contributed by atoms with Gasteiger partial charge >= 0.3 is 0 Å². The van der Waals surface area contributed by atoms with Crippen molar-refractivity contribution < 1.29 is 24.9 Å². The van der Waals surface area contributed by atoms with Crippen LogP contribution in [0, 0.1) is 0 Å². The molecule has 0 bridgehead atoms. The maximum atomic E-state index is 12.6. The molecule has 0 saturated carbocycles. The number of benzene rings is 2. The van der Waals surface area contributed by atoms with Crippen LogP contribution in [0.3, 0.4) is 0 Å². The number of aromatic hydroxyl groups is 3. The molecule has 1 aliphatic rings. The monoisotopic (exact) mass is 408 g/mol. The van der Waals surface area contributed by atoms with Gasteiger partial charge in [-0.15, -0.1) is 0 Å². The predicted octanol–water partition coefficient (Wildman–Crippen LogP) is 5.75. The Kier molecular flexibility index (Phi) is 6.50. The van der Waals surface area contributed by atoms with Gasteiger partial charge in [-0.2, -0.15) is 0 Å². The van der Waals surface area contributed by atoms with Crippen molar-refractivity contribution >= 4 is 5.78 Å². The largest absolute Gasteiger partial charge is 0.508 e. The zero-order chi connectivity index (χ0) is 21.8. The van der Waals surface area contributed by atoms with E-state index in [1.807, 2.05) is 6.07 Å². The summed E-state index contributed by atoms with van der Waals surface area (Å²) in [5, 5.41) is 30.2. The quantitative estimate of drug-likeness (QED) is 0.530. The molecule has 1 heterocycles. The lowest BCUT2D eigenvalue weighted by Gasteiger charge is -2.27. The van der Waals surface area contributed by atoms with Gasteiger partial charge in [-0.1, -0.05) is 35.4 Å². The van der Waals surface area contributed by atoms with Crippen LogP contribution in [0.25, 0.3) is 0 Å². The number of phenols is 3. The fraction of sp³-hybridized carbons (Fsp3) is 0.320. The van der Waals surface area contributed by atoms with Crippen LogP contribution in [0.4, 0.5) is 0 Å². The number of rotatable bonds is 6. The van der Waals surface area contributed by atoms with E-state index >= 15 is 0 Å². The average Bonchev–Trinajstić information content (AvgIpc) is 2.65. The fourth-order valence-electron chi connectivity index (χ4n) is 3.68. The van der Waals surface area contributed by atoms with Crippen LogP contribution < -0.4 is 4.74 Å². The summed E-state index contributed by atoms with van der Waals surface area (Å²) in [5.41, 5.74) is 4.04. The van der Waals surface area contributed by atoms with Gasteiger partial charge in [0.15, 0.2) is 5.78 Å². The maximum Gasteiger partial charge on any atom is 0.174 e. The van der Waals surface area contributed by atoms with Gasteiger partial charge in [-0.05, 0) is 51.7 Å². The molecule has 2 aromatic rings. The summed E-state index contributed by atoms with van der Waals surface area (Å²) < 4.78 is 5.96. The molecule has 30 heavy (non-hydrogen) atoms. The second-order valence-electron chi connectivity index (χ2n) is 7.99. The van der Waals surface area contributed by atoms with E-state index in [9.17, 15) is 20.1 Å². The SMILES string of the molecule is CC(C)=CCC/C(C)=C/Cc1c(O)cccc1[C@@H]1CC(=O)c2c(O)cc(O)cc2O1. The number of carbonyl (C=O) groups is 1. The number of allylic oxidation sites excluding steroid dienone is 4. The Morgan fingerprint density at radius 3 is 2.60 bits per heavy atom. The summed E-state index contributed by atoms with van der Waals surface area (Å²) in [7, 11) is 0. The van der Waals surface area contributed by atoms with Gasteiger partial charge in [0, 0.05) is 17.7 Å². The Morgan fingerprint density at radius 2 is 1.87 bits per heavy atom. The van der Waals surface area contributed by atoms with E-state index in [0.29, 0.717) is 12.0 Å². The van der Waals surface area contributed by atoms with Crippen molar-refractivity contribution in [3.05, 3.63) is 70.3 Å². The lowest BCUT2D eigenvalue weighted by atomic mass is 9.91. The van der Waals surface area contributed by atoms with Crippen LogP contribution >= 0.6 is 0 Å². The van der Waals surface area contributed by atoms with Crippen molar-refractivity contribution in [1.82, 2.24) is 0 Å². The Labute approximate surface area is 177 Å². The predicted molar refractivity (Wildman–Crippen MR) is 116 cm³/mol. The number of Topliss-reactive ketones (excluding diaryl/α,β-unsaturated/α-hetero) is 1. The third-order valence-corrected chi connectivity index (χ3v) is 5.27. The number of fused-ring (bicyclic) bond motifs is 1. The lowest BCUT2D eigenvalue weighted by Crippen LogP contribution is -2.21. The molecule has 5 nitrogen and oxygen atoms in total. The van der Waals surface area contributed by atoms with Crippen molar-refractivity contribution in [2.75, 3.05) is 0 Å². The first kappa shape index (κ1) is 21.5. The number of phenolic OH excluding ortho intramolecular Hbond substituents is 3. The molecule has 0 spiro atoms. The Balaban J connectivity index is 1.86. The van der Waals surface area contributed by atoms with Crippen molar-refractivity contribution in [1.29, 1.82) is 0 Å². The topological polar surface area (TPSA) is 87.0 Å². The number of hydrogen-bond acceptors (Lipinski definition) is 5. The molecule has 158 valence electrons. The summed E-state index contributed by atoms with van der Waals surface area (Å²) in [6.45, 7) is 6.23. The van der Waals surface area contributed by atoms with E-state index in [2.05, 4.69) is 32.9 Å². The second kappa shape index (κ2) is 9.08. The second-order valence-corrected chi connectivity index (χ2v) is 7.99. The smallest absolute Gasteiger partial charge is 0.174 e. The molecule has 0 amide bonds. The maximum absolute atomic E-state index is 12.6. The van der Waals surface area contributed by atoms with Crippen LogP contribution in [-0.2, 0) is 6.42 Å². The highest BCUT2D eigenvalue weighted by Gasteiger charge is 2.32. The van der Waals surface area contributed by atoms with Gasteiger partial charge in [0.25, 0.3) is 0 Å². The summed E-state index contributed by atoms with van der Waals surface area (Å²) in [5.74, 6) is -0.426. The minimum Gasteiger partial charge on any atom is -0.508 e. The standard InChI is InChI=1S/C25H28O5/c1-15(2)6-4-7-16(3)10-11-18-19(8-5-9-20(18)27)23-14-22(29)25-21(28)12-17(26)13-24(25)30-23/h5-6,8-10,12-13,23,26-28H,4,7,11,14H2,1-3H3/b16-10+/t23-/m0/s1. The highest BCUT2D eigenvalue weighted by atomic mass is 16.5. The molecular weight excluding hydrogens is 380 g/mol. The molecule has 2 aromatic carbocycles. The molecule has 5 heteroatoms. The highest BCUT2D eigenvalue weighted by Crippen LogP contribution is 2.43. The van der Waals surface area contributed by atoms with Crippen molar-refractivity contribution in [3.8, 4) is 23.0 Å². The van der Waals surface area contributed by atoms with Crippen LogP contribution in [-0.4, -0.2) is 21.1 Å². The third-order valence-electron chi connectivity index (χ3n) is 5.27. The summed E-state index contributed by atoms with van der Waals surface area (Å²) >= 11 is 0. The Hall–Kier alpha value is -3.21. The van der Waals surface area contributed by atoms with E-state index in [4.69, 9.17) is 4.74 Å². The first-order valence-electron chi connectivity index (χ1n) is 10.1. The van der Waals surface area contributed by atoms with E-state index < -0.39 is 6.10 Å². The van der Waals surface area contributed by atoms with Crippen molar-refractivity contribution in [2.45, 2.75) is 52.6 Å². The van der Waals surface area contributed by atoms with Crippen molar-refractivity contribution in [3.63, 3.8) is 0 Å². The molecule has 3 rings (SSSR count). The first-order chi connectivity index (χ1) is 14.3.